The van der Waals surface area contributed by atoms with Gasteiger partial charge in [-0.15, -0.1) is 17.5 Å². The predicted octanol–water partition coefficient (Wildman–Crippen LogP) is 2.19. The number of tetrazole rings is 1. The van der Waals surface area contributed by atoms with E-state index in [1.54, 1.807) is 7.11 Å². The van der Waals surface area contributed by atoms with Gasteiger partial charge in [0.15, 0.2) is 5.82 Å². The zero-order valence-corrected chi connectivity index (χ0v) is 17.3. The van der Waals surface area contributed by atoms with Crippen molar-refractivity contribution in [2.45, 2.75) is 45.2 Å². The molecule has 0 bridgehead atoms. The third-order valence-electron chi connectivity index (χ3n) is 5.28. The van der Waals surface area contributed by atoms with Gasteiger partial charge in [0, 0.05) is 5.92 Å². The van der Waals surface area contributed by atoms with Crippen molar-refractivity contribution in [1.29, 1.82) is 0 Å². The standard InChI is InChI=1S/C19H28N6O2.ClH/c1-3-4-17(24-11-9-15(10-12-24)18(20)26)19-21-22-23-25(19)13-14-5-7-16(27-2)8-6-14;/h5-8,15,17H,3-4,9-13H2,1-2H3,(H2,20,26);1H. The molecule has 1 saturated heterocycles. The maximum atomic E-state index is 11.4. The van der Waals surface area contributed by atoms with Gasteiger partial charge in [0.05, 0.1) is 19.7 Å². The maximum absolute atomic E-state index is 11.4. The van der Waals surface area contributed by atoms with Crippen LogP contribution in [0.15, 0.2) is 24.3 Å². The van der Waals surface area contributed by atoms with Crippen molar-refractivity contribution in [3.63, 3.8) is 0 Å². The molecule has 1 fully saturated rings. The topological polar surface area (TPSA) is 99.2 Å². The maximum Gasteiger partial charge on any atom is 0.220 e. The lowest BCUT2D eigenvalue weighted by Gasteiger charge is -2.36. The summed E-state index contributed by atoms with van der Waals surface area (Å²) >= 11 is 0. The Balaban J connectivity index is 0.00000280. The molecule has 2 aromatic rings. The molecule has 2 heterocycles. The molecule has 1 amide bonds. The largest absolute Gasteiger partial charge is 0.497 e. The van der Waals surface area contributed by atoms with Crippen LogP contribution in [0.2, 0.25) is 0 Å². The number of carbonyl (C=O) groups excluding carboxylic acids is 1. The van der Waals surface area contributed by atoms with Crippen molar-refractivity contribution in [2.75, 3.05) is 20.2 Å². The van der Waals surface area contributed by atoms with Gasteiger partial charge in [-0.3, -0.25) is 9.69 Å². The van der Waals surface area contributed by atoms with Gasteiger partial charge in [-0.05, 0) is 60.5 Å². The lowest BCUT2D eigenvalue weighted by molar-refractivity contribution is -0.123. The van der Waals surface area contributed by atoms with Crippen LogP contribution in [0.1, 0.15) is 50.0 Å². The summed E-state index contributed by atoms with van der Waals surface area (Å²) in [5.74, 6) is 1.51. The van der Waals surface area contributed by atoms with Crippen LogP contribution in [-0.4, -0.2) is 51.2 Å². The number of likely N-dealkylation sites (tertiary alicyclic amines) is 1. The quantitative estimate of drug-likeness (QED) is 0.718. The first-order valence-corrected chi connectivity index (χ1v) is 9.54. The molecule has 1 aliphatic heterocycles. The number of carbonyl (C=O) groups is 1. The number of halogens is 1. The molecular formula is C19H29ClN6O2. The molecule has 0 spiro atoms. The molecule has 1 aromatic carbocycles. The number of nitrogens with zero attached hydrogens (tertiary/aromatic N) is 5. The van der Waals surface area contributed by atoms with Crippen molar-refractivity contribution in [1.82, 2.24) is 25.1 Å². The molecule has 0 aliphatic carbocycles. The van der Waals surface area contributed by atoms with Crippen LogP contribution in [0.4, 0.5) is 0 Å². The Labute approximate surface area is 171 Å². The second-order valence-electron chi connectivity index (χ2n) is 7.06. The highest BCUT2D eigenvalue weighted by Crippen LogP contribution is 2.29. The monoisotopic (exact) mass is 408 g/mol. The van der Waals surface area contributed by atoms with Gasteiger partial charge < -0.3 is 10.5 Å². The number of piperidine rings is 1. The Kier molecular flexibility index (Phi) is 8.19. The summed E-state index contributed by atoms with van der Waals surface area (Å²) in [6.07, 6.45) is 3.62. The van der Waals surface area contributed by atoms with Gasteiger partial charge in [0.1, 0.15) is 5.75 Å². The lowest BCUT2D eigenvalue weighted by Crippen LogP contribution is -2.41. The summed E-state index contributed by atoms with van der Waals surface area (Å²) in [4.78, 5) is 13.8. The number of rotatable bonds is 8. The van der Waals surface area contributed by atoms with Gasteiger partial charge >= 0.3 is 0 Å². The Morgan fingerprint density at radius 2 is 1.96 bits per heavy atom. The van der Waals surface area contributed by atoms with E-state index in [2.05, 4.69) is 27.3 Å². The molecule has 2 N–H and O–H groups in total. The van der Waals surface area contributed by atoms with E-state index in [0.717, 1.165) is 55.9 Å². The molecule has 0 saturated carbocycles. The van der Waals surface area contributed by atoms with E-state index < -0.39 is 0 Å². The van der Waals surface area contributed by atoms with Crippen LogP contribution in [0.5, 0.6) is 5.75 Å². The summed E-state index contributed by atoms with van der Waals surface area (Å²) in [7, 11) is 1.66. The SMILES string of the molecule is CCCC(c1nnnn1Cc1ccc(OC)cc1)N1CCC(C(N)=O)CC1.Cl. The molecule has 3 rings (SSSR count). The molecule has 1 unspecified atom stereocenters. The number of aromatic nitrogens is 4. The van der Waals surface area contributed by atoms with Gasteiger partial charge in [-0.2, -0.15) is 0 Å². The van der Waals surface area contributed by atoms with Crippen LogP contribution >= 0.6 is 12.4 Å². The van der Waals surface area contributed by atoms with Crippen molar-refractivity contribution in [3.05, 3.63) is 35.7 Å². The van der Waals surface area contributed by atoms with Gasteiger partial charge in [-0.1, -0.05) is 25.5 Å². The van der Waals surface area contributed by atoms with E-state index in [0.29, 0.717) is 6.54 Å². The minimum absolute atomic E-state index is 0. The summed E-state index contributed by atoms with van der Waals surface area (Å²) in [5, 5.41) is 12.5. The fourth-order valence-corrected chi connectivity index (χ4v) is 3.71. The second-order valence-corrected chi connectivity index (χ2v) is 7.06. The minimum Gasteiger partial charge on any atom is -0.497 e. The van der Waals surface area contributed by atoms with Crippen molar-refractivity contribution < 1.29 is 9.53 Å². The molecular weight excluding hydrogens is 380 g/mol. The normalized spacial score (nSPS) is 16.4. The number of methoxy groups -OCH3 is 1. The molecule has 28 heavy (non-hydrogen) atoms. The van der Waals surface area contributed by atoms with Crippen molar-refractivity contribution in [2.24, 2.45) is 11.7 Å². The average Bonchev–Trinajstić information content (AvgIpc) is 3.14. The molecule has 1 aromatic heterocycles. The Bertz CT molecular complexity index is 743. The Morgan fingerprint density at radius 3 is 2.54 bits per heavy atom. The highest BCUT2D eigenvalue weighted by molar-refractivity contribution is 5.85. The summed E-state index contributed by atoms with van der Waals surface area (Å²) < 4.78 is 7.09. The van der Waals surface area contributed by atoms with E-state index in [1.807, 2.05) is 28.9 Å². The number of hydrogen-bond donors (Lipinski definition) is 1. The number of ether oxygens (including phenoxy) is 1. The first kappa shape index (κ1) is 22.1. The van der Waals surface area contributed by atoms with E-state index in [-0.39, 0.29) is 30.3 Å². The molecule has 9 heteroatoms. The third-order valence-corrected chi connectivity index (χ3v) is 5.28. The molecule has 8 nitrogen and oxygen atoms in total. The average molecular weight is 409 g/mol. The number of nitrogens with two attached hydrogens (primary N) is 1. The number of primary amides is 1. The number of benzene rings is 1. The van der Waals surface area contributed by atoms with E-state index in [1.165, 1.54) is 0 Å². The molecule has 0 radical (unpaired) electrons. The Morgan fingerprint density at radius 1 is 1.29 bits per heavy atom. The van der Waals surface area contributed by atoms with Crippen molar-refractivity contribution in [3.8, 4) is 5.75 Å². The summed E-state index contributed by atoms with van der Waals surface area (Å²) in [6, 6.07) is 8.08. The zero-order valence-electron chi connectivity index (χ0n) is 16.5. The highest BCUT2D eigenvalue weighted by atomic mass is 35.5. The smallest absolute Gasteiger partial charge is 0.220 e. The minimum atomic E-state index is -0.189. The lowest BCUT2D eigenvalue weighted by atomic mass is 9.94. The second kappa shape index (κ2) is 10.4. The zero-order chi connectivity index (χ0) is 19.2. The van der Waals surface area contributed by atoms with Crippen LogP contribution < -0.4 is 10.5 Å². The first-order chi connectivity index (χ1) is 13.1. The van der Waals surface area contributed by atoms with Gasteiger partial charge in [0.25, 0.3) is 0 Å². The molecule has 1 aliphatic rings. The van der Waals surface area contributed by atoms with E-state index in [4.69, 9.17) is 10.5 Å². The summed E-state index contributed by atoms with van der Waals surface area (Å²) in [6.45, 7) is 4.46. The van der Waals surface area contributed by atoms with Crippen LogP contribution in [-0.2, 0) is 11.3 Å². The van der Waals surface area contributed by atoms with E-state index >= 15 is 0 Å². The van der Waals surface area contributed by atoms with Crippen LogP contribution in [0.25, 0.3) is 0 Å². The Hall–Kier alpha value is -2.19. The third kappa shape index (κ3) is 5.20. The fourth-order valence-electron chi connectivity index (χ4n) is 3.71. The van der Waals surface area contributed by atoms with Crippen molar-refractivity contribution >= 4 is 18.3 Å². The highest BCUT2D eigenvalue weighted by Gasteiger charge is 2.30. The van der Waals surface area contributed by atoms with Crippen LogP contribution in [0.3, 0.4) is 0 Å². The van der Waals surface area contributed by atoms with E-state index in [9.17, 15) is 4.79 Å². The molecule has 1 atom stereocenters. The predicted molar refractivity (Wildman–Crippen MR) is 108 cm³/mol. The fraction of sp³-hybridized carbons (Fsp3) is 0.579. The first-order valence-electron chi connectivity index (χ1n) is 9.54. The van der Waals surface area contributed by atoms with Gasteiger partial charge in [0.2, 0.25) is 5.91 Å². The number of hydrogen-bond acceptors (Lipinski definition) is 6. The van der Waals surface area contributed by atoms with Crippen LogP contribution in [0, 0.1) is 5.92 Å². The molecule has 154 valence electrons. The summed E-state index contributed by atoms with van der Waals surface area (Å²) in [5.41, 5.74) is 6.59. The number of amides is 1. The van der Waals surface area contributed by atoms with Gasteiger partial charge in [-0.25, -0.2) is 4.68 Å².